The van der Waals surface area contributed by atoms with Gasteiger partial charge in [-0.15, -0.1) is 0 Å². The standard InChI is InChI=1S/C23H19N3O4/c1-28-20-13-6-5-12-19(20)24-21(27)15-29-18-11-7-10-17(14-18)23-25-22(26-30-23)16-8-3-2-4-9-16/h2-14H,15H2,1H3,(H,24,27). The van der Waals surface area contributed by atoms with Gasteiger partial charge in [-0.05, 0) is 30.3 Å². The van der Waals surface area contributed by atoms with Crippen LogP contribution in [0.4, 0.5) is 5.69 Å². The highest BCUT2D eigenvalue weighted by atomic mass is 16.5. The van der Waals surface area contributed by atoms with Gasteiger partial charge in [0.1, 0.15) is 11.5 Å². The lowest BCUT2D eigenvalue weighted by Crippen LogP contribution is -2.20. The number of para-hydroxylation sites is 2. The molecule has 7 nitrogen and oxygen atoms in total. The van der Waals surface area contributed by atoms with Gasteiger partial charge in [0.15, 0.2) is 6.61 Å². The lowest BCUT2D eigenvalue weighted by Gasteiger charge is -2.10. The number of nitrogens with one attached hydrogen (secondary N) is 1. The number of methoxy groups -OCH3 is 1. The maximum Gasteiger partial charge on any atom is 0.262 e. The largest absolute Gasteiger partial charge is 0.495 e. The van der Waals surface area contributed by atoms with Gasteiger partial charge in [-0.2, -0.15) is 4.98 Å². The van der Waals surface area contributed by atoms with Gasteiger partial charge in [-0.25, -0.2) is 0 Å². The minimum absolute atomic E-state index is 0.152. The highest BCUT2D eigenvalue weighted by molar-refractivity contribution is 5.93. The summed E-state index contributed by atoms with van der Waals surface area (Å²) >= 11 is 0. The van der Waals surface area contributed by atoms with E-state index in [9.17, 15) is 4.79 Å². The van der Waals surface area contributed by atoms with Crippen LogP contribution in [0.3, 0.4) is 0 Å². The summed E-state index contributed by atoms with van der Waals surface area (Å²) < 4.78 is 16.2. The van der Waals surface area contributed by atoms with Gasteiger partial charge in [-0.3, -0.25) is 4.79 Å². The molecule has 0 aliphatic heterocycles. The number of nitrogens with zero attached hydrogens (tertiary/aromatic N) is 2. The molecule has 1 aromatic heterocycles. The van der Waals surface area contributed by atoms with Gasteiger partial charge in [0.2, 0.25) is 5.82 Å². The number of carbonyl (C=O) groups excluding carboxylic acids is 1. The fourth-order valence-corrected chi connectivity index (χ4v) is 2.85. The van der Waals surface area contributed by atoms with Crippen LogP contribution in [0.5, 0.6) is 11.5 Å². The van der Waals surface area contributed by atoms with Crippen molar-refractivity contribution in [3.63, 3.8) is 0 Å². The number of carbonyl (C=O) groups is 1. The van der Waals surface area contributed by atoms with Crippen molar-refractivity contribution in [2.24, 2.45) is 0 Å². The van der Waals surface area contributed by atoms with Crippen molar-refractivity contribution < 1.29 is 18.8 Å². The summed E-state index contributed by atoms with van der Waals surface area (Å²) in [5.74, 6) is 1.68. The van der Waals surface area contributed by atoms with E-state index in [1.807, 2.05) is 48.5 Å². The Kier molecular flexibility index (Phi) is 5.70. The predicted octanol–water partition coefficient (Wildman–Crippen LogP) is 4.43. The number of aromatic nitrogens is 2. The number of hydrogen-bond acceptors (Lipinski definition) is 6. The molecule has 0 saturated heterocycles. The first-order valence-electron chi connectivity index (χ1n) is 9.28. The monoisotopic (exact) mass is 401 g/mol. The molecule has 0 aliphatic carbocycles. The minimum Gasteiger partial charge on any atom is -0.495 e. The second-order valence-electron chi connectivity index (χ2n) is 6.35. The van der Waals surface area contributed by atoms with Gasteiger partial charge >= 0.3 is 0 Å². The molecular formula is C23H19N3O4. The zero-order chi connectivity index (χ0) is 20.8. The van der Waals surface area contributed by atoms with Crippen LogP contribution in [-0.2, 0) is 4.79 Å². The molecule has 150 valence electrons. The van der Waals surface area contributed by atoms with Crippen molar-refractivity contribution in [3.8, 4) is 34.3 Å². The third-order valence-corrected chi connectivity index (χ3v) is 4.29. The summed E-state index contributed by atoms with van der Waals surface area (Å²) in [5.41, 5.74) is 2.15. The smallest absolute Gasteiger partial charge is 0.262 e. The molecule has 0 radical (unpaired) electrons. The lowest BCUT2D eigenvalue weighted by molar-refractivity contribution is -0.118. The molecule has 1 amide bonds. The Hall–Kier alpha value is -4.13. The fourth-order valence-electron chi connectivity index (χ4n) is 2.85. The quantitative estimate of drug-likeness (QED) is 0.493. The SMILES string of the molecule is COc1ccccc1NC(=O)COc1cccc(-c2nc(-c3ccccc3)no2)c1. The summed E-state index contributed by atoms with van der Waals surface area (Å²) in [7, 11) is 1.55. The number of hydrogen-bond donors (Lipinski definition) is 1. The summed E-state index contributed by atoms with van der Waals surface area (Å²) in [4.78, 5) is 16.7. The molecule has 30 heavy (non-hydrogen) atoms. The van der Waals surface area contributed by atoms with E-state index in [1.54, 1.807) is 37.4 Å². The molecular weight excluding hydrogens is 382 g/mol. The Morgan fingerprint density at radius 1 is 0.967 bits per heavy atom. The van der Waals surface area contributed by atoms with Gasteiger partial charge in [0.05, 0.1) is 12.8 Å². The van der Waals surface area contributed by atoms with Gasteiger partial charge in [-0.1, -0.05) is 53.7 Å². The molecule has 3 aromatic carbocycles. The summed E-state index contributed by atoms with van der Waals surface area (Å²) in [6.45, 7) is -0.152. The number of rotatable bonds is 7. The normalized spacial score (nSPS) is 10.4. The first-order chi connectivity index (χ1) is 14.7. The van der Waals surface area contributed by atoms with E-state index >= 15 is 0 Å². The highest BCUT2D eigenvalue weighted by Crippen LogP contribution is 2.26. The molecule has 7 heteroatoms. The topological polar surface area (TPSA) is 86.5 Å². The lowest BCUT2D eigenvalue weighted by atomic mass is 10.2. The second kappa shape index (κ2) is 8.91. The average Bonchev–Trinajstić information content (AvgIpc) is 3.29. The molecule has 0 unspecified atom stereocenters. The Labute approximate surface area is 173 Å². The van der Waals surface area contributed by atoms with Crippen molar-refractivity contribution in [2.45, 2.75) is 0 Å². The van der Waals surface area contributed by atoms with Crippen molar-refractivity contribution in [1.29, 1.82) is 0 Å². The highest BCUT2D eigenvalue weighted by Gasteiger charge is 2.12. The number of anilines is 1. The molecule has 4 rings (SSSR count). The van der Waals surface area contributed by atoms with E-state index in [2.05, 4.69) is 15.5 Å². The van der Waals surface area contributed by atoms with Gasteiger partial charge in [0, 0.05) is 11.1 Å². The molecule has 4 aromatic rings. The molecule has 0 spiro atoms. The second-order valence-corrected chi connectivity index (χ2v) is 6.35. The van der Waals surface area contributed by atoms with Crippen molar-refractivity contribution in [3.05, 3.63) is 78.9 Å². The Bertz CT molecular complexity index is 1140. The number of ether oxygens (including phenoxy) is 2. The molecule has 1 heterocycles. The van der Waals surface area contributed by atoms with E-state index in [1.165, 1.54) is 0 Å². The Balaban J connectivity index is 1.41. The zero-order valence-electron chi connectivity index (χ0n) is 16.2. The molecule has 1 N–H and O–H groups in total. The van der Waals surface area contributed by atoms with Crippen molar-refractivity contribution in [1.82, 2.24) is 10.1 Å². The average molecular weight is 401 g/mol. The maximum atomic E-state index is 12.2. The Morgan fingerprint density at radius 3 is 2.57 bits per heavy atom. The minimum atomic E-state index is -0.297. The first-order valence-corrected chi connectivity index (χ1v) is 9.28. The van der Waals surface area contributed by atoms with E-state index in [-0.39, 0.29) is 12.5 Å². The van der Waals surface area contributed by atoms with E-state index < -0.39 is 0 Å². The number of benzene rings is 3. The summed E-state index contributed by atoms with van der Waals surface area (Å²) in [6.07, 6.45) is 0. The van der Waals surface area contributed by atoms with Gasteiger partial charge in [0.25, 0.3) is 11.8 Å². The van der Waals surface area contributed by atoms with Crippen LogP contribution in [-0.4, -0.2) is 29.8 Å². The predicted molar refractivity (Wildman–Crippen MR) is 112 cm³/mol. The van der Waals surface area contributed by atoms with Crippen LogP contribution in [0.15, 0.2) is 83.4 Å². The molecule has 0 atom stereocenters. The molecule has 0 aliphatic rings. The Morgan fingerprint density at radius 2 is 1.73 bits per heavy atom. The van der Waals surface area contributed by atoms with Crippen LogP contribution in [0.25, 0.3) is 22.8 Å². The van der Waals surface area contributed by atoms with Gasteiger partial charge < -0.3 is 19.3 Å². The molecule has 0 bridgehead atoms. The first kappa shape index (κ1) is 19.2. The third kappa shape index (κ3) is 4.47. The van der Waals surface area contributed by atoms with E-state index in [0.717, 1.165) is 5.56 Å². The van der Waals surface area contributed by atoms with Crippen LogP contribution >= 0.6 is 0 Å². The van der Waals surface area contributed by atoms with Crippen molar-refractivity contribution >= 4 is 11.6 Å². The van der Waals surface area contributed by atoms with E-state index in [0.29, 0.717) is 34.5 Å². The van der Waals surface area contributed by atoms with E-state index in [4.69, 9.17) is 14.0 Å². The fraction of sp³-hybridized carbons (Fsp3) is 0.0870. The van der Waals surface area contributed by atoms with Crippen LogP contribution in [0, 0.1) is 0 Å². The third-order valence-electron chi connectivity index (χ3n) is 4.29. The summed E-state index contributed by atoms with van der Waals surface area (Å²) in [6, 6.07) is 23.9. The zero-order valence-corrected chi connectivity index (χ0v) is 16.2. The van der Waals surface area contributed by atoms with Crippen molar-refractivity contribution in [2.75, 3.05) is 19.0 Å². The number of amides is 1. The van der Waals surface area contributed by atoms with Crippen LogP contribution in [0.2, 0.25) is 0 Å². The maximum absolute atomic E-state index is 12.2. The summed E-state index contributed by atoms with van der Waals surface area (Å²) in [5, 5.41) is 6.80. The van der Waals surface area contributed by atoms with Crippen LogP contribution < -0.4 is 14.8 Å². The molecule has 0 fully saturated rings. The van der Waals surface area contributed by atoms with Crippen LogP contribution in [0.1, 0.15) is 0 Å². The molecule has 0 saturated carbocycles.